The number of esters is 1. The lowest BCUT2D eigenvalue weighted by Gasteiger charge is -2.23. The number of carbonyl (C=O) groups excluding carboxylic acids is 3. The summed E-state index contributed by atoms with van der Waals surface area (Å²) in [6.07, 6.45) is -0.296. The number of nitrogens with one attached hydrogen (secondary N) is 2. The largest absolute Gasteiger partial charge is 0.463 e. The van der Waals surface area contributed by atoms with Crippen LogP contribution in [0.5, 0.6) is 0 Å². The number of hydrogen-bond donors (Lipinski definition) is 2. The van der Waals surface area contributed by atoms with E-state index in [1.54, 1.807) is 38.1 Å². The molecular weight excluding hydrogens is 404 g/mol. The number of benzene rings is 2. The highest BCUT2D eigenvalue weighted by Gasteiger charge is 2.24. The Kier molecular flexibility index (Phi) is 8.87. The molecule has 0 aliphatic rings. The van der Waals surface area contributed by atoms with Gasteiger partial charge in [0.05, 0.1) is 31.0 Å². The Balaban J connectivity index is 2.18. The van der Waals surface area contributed by atoms with Crippen LogP contribution in [-0.4, -0.2) is 23.9 Å². The molecule has 2 atom stereocenters. The number of halogens is 1. The molecule has 2 N–H and O–H groups in total. The van der Waals surface area contributed by atoms with Crippen molar-refractivity contribution in [1.82, 2.24) is 10.6 Å². The Labute approximate surface area is 182 Å². The number of hydrogen-bond acceptors (Lipinski definition) is 4. The predicted octanol–water partition coefficient (Wildman–Crippen LogP) is 4.11. The second-order valence-electron chi connectivity index (χ2n) is 7.25. The predicted molar refractivity (Wildman–Crippen MR) is 116 cm³/mol. The topological polar surface area (TPSA) is 84.5 Å². The van der Waals surface area contributed by atoms with Crippen LogP contribution in [0, 0.1) is 0 Å². The van der Waals surface area contributed by atoms with E-state index in [0.29, 0.717) is 10.6 Å². The van der Waals surface area contributed by atoms with Crippen LogP contribution in [0.25, 0.3) is 0 Å². The molecule has 0 aromatic heterocycles. The van der Waals surface area contributed by atoms with Gasteiger partial charge in [-0.2, -0.15) is 0 Å². The molecule has 0 saturated heterocycles. The smallest absolute Gasteiger partial charge is 0.308 e. The number of amides is 2. The van der Waals surface area contributed by atoms with E-state index >= 15 is 0 Å². The first-order valence-electron chi connectivity index (χ1n) is 9.81. The lowest BCUT2D eigenvalue weighted by atomic mass is 10.0. The monoisotopic (exact) mass is 430 g/mol. The minimum absolute atomic E-state index is 0.0176. The molecule has 0 aliphatic heterocycles. The highest BCUT2D eigenvalue weighted by atomic mass is 35.5. The maximum Gasteiger partial charge on any atom is 0.308 e. The van der Waals surface area contributed by atoms with E-state index in [2.05, 4.69) is 10.6 Å². The molecule has 30 heavy (non-hydrogen) atoms. The van der Waals surface area contributed by atoms with Gasteiger partial charge in [0.1, 0.15) is 0 Å². The highest BCUT2D eigenvalue weighted by molar-refractivity contribution is 6.31. The zero-order valence-corrected chi connectivity index (χ0v) is 18.1. The van der Waals surface area contributed by atoms with Gasteiger partial charge < -0.3 is 15.4 Å². The van der Waals surface area contributed by atoms with Crippen molar-refractivity contribution in [2.45, 2.75) is 51.8 Å². The summed E-state index contributed by atoms with van der Waals surface area (Å²) >= 11 is 6.30. The van der Waals surface area contributed by atoms with Crippen molar-refractivity contribution in [3.63, 3.8) is 0 Å². The molecule has 0 bridgehead atoms. The third-order valence-corrected chi connectivity index (χ3v) is 4.67. The van der Waals surface area contributed by atoms with Crippen LogP contribution in [0.15, 0.2) is 54.6 Å². The SMILES string of the molecule is CC(=O)NC(CC(=O)NC(CC(=O)OC(C)C)c1ccccc1Cl)c1ccccc1. The number of carbonyl (C=O) groups is 3. The second kappa shape index (κ2) is 11.4. The first-order chi connectivity index (χ1) is 14.3. The summed E-state index contributed by atoms with van der Waals surface area (Å²) in [6, 6.07) is 15.1. The molecule has 0 saturated carbocycles. The van der Waals surface area contributed by atoms with Crippen LogP contribution in [0.1, 0.15) is 56.8 Å². The van der Waals surface area contributed by atoms with E-state index in [4.69, 9.17) is 16.3 Å². The summed E-state index contributed by atoms with van der Waals surface area (Å²) in [5.41, 5.74) is 1.44. The molecular formula is C23H27ClN2O4. The van der Waals surface area contributed by atoms with Crippen LogP contribution < -0.4 is 10.6 Å². The minimum atomic E-state index is -0.647. The second-order valence-corrected chi connectivity index (χ2v) is 7.66. The maximum atomic E-state index is 12.8. The summed E-state index contributed by atoms with van der Waals surface area (Å²) in [5, 5.41) is 6.12. The molecule has 0 radical (unpaired) electrons. The Hall–Kier alpha value is -2.86. The van der Waals surface area contributed by atoms with Crippen molar-refractivity contribution >= 4 is 29.4 Å². The Morgan fingerprint density at radius 2 is 1.53 bits per heavy atom. The molecule has 0 fully saturated rings. The van der Waals surface area contributed by atoms with E-state index in [1.165, 1.54) is 6.92 Å². The van der Waals surface area contributed by atoms with Crippen molar-refractivity contribution in [2.75, 3.05) is 0 Å². The Bertz CT molecular complexity index is 871. The summed E-state index contributed by atoms with van der Waals surface area (Å²) < 4.78 is 5.24. The third kappa shape index (κ3) is 7.52. The first-order valence-corrected chi connectivity index (χ1v) is 10.2. The average Bonchev–Trinajstić information content (AvgIpc) is 2.67. The van der Waals surface area contributed by atoms with E-state index in [0.717, 1.165) is 5.56 Å². The molecule has 0 spiro atoms. The standard InChI is InChI=1S/C23H27ClN2O4/c1-15(2)30-23(29)14-21(18-11-7-8-12-19(18)24)26-22(28)13-20(25-16(3)27)17-9-5-4-6-10-17/h4-12,15,20-21H,13-14H2,1-3H3,(H,25,27)(H,26,28). The molecule has 6 nitrogen and oxygen atoms in total. The summed E-state index contributed by atoms with van der Waals surface area (Å²) in [4.78, 5) is 36.7. The molecule has 2 rings (SSSR count). The first kappa shape index (κ1) is 23.4. The van der Waals surface area contributed by atoms with Gasteiger partial charge in [-0.25, -0.2) is 0 Å². The van der Waals surface area contributed by atoms with Crippen LogP contribution >= 0.6 is 11.6 Å². The molecule has 2 unspecified atom stereocenters. The van der Waals surface area contributed by atoms with E-state index in [9.17, 15) is 14.4 Å². The van der Waals surface area contributed by atoms with Gasteiger partial charge in [-0.05, 0) is 31.0 Å². The highest BCUT2D eigenvalue weighted by Crippen LogP contribution is 2.26. The van der Waals surface area contributed by atoms with Crippen molar-refractivity contribution in [3.8, 4) is 0 Å². The van der Waals surface area contributed by atoms with Gasteiger partial charge in [-0.3, -0.25) is 14.4 Å². The van der Waals surface area contributed by atoms with Crippen LogP contribution in [-0.2, 0) is 19.1 Å². The average molecular weight is 431 g/mol. The van der Waals surface area contributed by atoms with Crippen LogP contribution in [0.3, 0.4) is 0 Å². The molecule has 0 heterocycles. The lowest BCUT2D eigenvalue weighted by Crippen LogP contribution is -2.35. The quantitative estimate of drug-likeness (QED) is 0.586. The van der Waals surface area contributed by atoms with Gasteiger partial charge in [0, 0.05) is 11.9 Å². The fraction of sp³-hybridized carbons (Fsp3) is 0.348. The van der Waals surface area contributed by atoms with Gasteiger partial charge in [0.25, 0.3) is 0 Å². The lowest BCUT2D eigenvalue weighted by molar-refractivity contribution is -0.148. The van der Waals surface area contributed by atoms with Gasteiger partial charge >= 0.3 is 5.97 Å². The van der Waals surface area contributed by atoms with Crippen molar-refractivity contribution in [3.05, 3.63) is 70.7 Å². The van der Waals surface area contributed by atoms with Crippen molar-refractivity contribution in [1.29, 1.82) is 0 Å². The third-order valence-electron chi connectivity index (χ3n) is 4.32. The summed E-state index contributed by atoms with van der Waals surface area (Å²) in [5.74, 6) is -0.989. The molecule has 160 valence electrons. The molecule has 2 aromatic carbocycles. The summed E-state index contributed by atoms with van der Waals surface area (Å²) in [7, 11) is 0. The van der Waals surface area contributed by atoms with E-state index < -0.39 is 18.1 Å². The fourth-order valence-corrected chi connectivity index (χ4v) is 3.36. The molecule has 7 heteroatoms. The fourth-order valence-electron chi connectivity index (χ4n) is 3.10. The molecule has 0 aliphatic carbocycles. The minimum Gasteiger partial charge on any atom is -0.463 e. The van der Waals surface area contributed by atoms with Gasteiger partial charge in [-0.15, -0.1) is 0 Å². The zero-order chi connectivity index (χ0) is 22.1. The zero-order valence-electron chi connectivity index (χ0n) is 17.4. The van der Waals surface area contributed by atoms with Crippen LogP contribution in [0.2, 0.25) is 5.02 Å². The molecule has 2 aromatic rings. The Morgan fingerprint density at radius 3 is 2.13 bits per heavy atom. The van der Waals surface area contributed by atoms with E-state index in [-0.39, 0.29) is 30.8 Å². The van der Waals surface area contributed by atoms with Gasteiger partial charge in [0.15, 0.2) is 0 Å². The van der Waals surface area contributed by atoms with Gasteiger partial charge in [-0.1, -0.05) is 60.1 Å². The normalized spacial score (nSPS) is 12.7. The maximum absolute atomic E-state index is 12.8. The number of rotatable bonds is 9. The van der Waals surface area contributed by atoms with Gasteiger partial charge in [0.2, 0.25) is 11.8 Å². The van der Waals surface area contributed by atoms with Crippen molar-refractivity contribution < 1.29 is 19.1 Å². The Morgan fingerprint density at radius 1 is 0.900 bits per heavy atom. The number of ether oxygens (including phenoxy) is 1. The molecule has 2 amide bonds. The van der Waals surface area contributed by atoms with E-state index in [1.807, 2.05) is 30.3 Å². The summed E-state index contributed by atoms with van der Waals surface area (Å²) in [6.45, 7) is 4.93. The van der Waals surface area contributed by atoms with Crippen molar-refractivity contribution in [2.24, 2.45) is 0 Å². The van der Waals surface area contributed by atoms with Crippen LogP contribution in [0.4, 0.5) is 0 Å².